The Hall–Kier alpha value is -4.17. The van der Waals surface area contributed by atoms with Crippen LogP contribution in [0.2, 0.25) is 5.02 Å². The first-order valence-corrected chi connectivity index (χ1v) is 10.1. The molecule has 33 heavy (non-hydrogen) atoms. The van der Waals surface area contributed by atoms with Crippen LogP contribution >= 0.6 is 11.6 Å². The van der Waals surface area contributed by atoms with Crippen molar-refractivity contribution in [1.29, 1.82) is 0 Å². The first-order valence-electron chi connectivity index (χ1n) is 9.77. The number of nitrogens with one attached hydrogen (secondary N) is 2. The van der Waals surface area contributed by atoms with E-state index in [1.54, 1.807) is 72.8 Å². The lowest BCUT2D eigenvalue weighted by Crippen LogP contribution is -2.34. The molecule has 0 aliphatic rings. The van der Waals surface area contributed by atoms with E-state index in [1.807, 2.05) is 0 Å². The standard InChI is InChI=1S/C24H20ClN3O5/c1-32-21-13-16(7-12-20(21)33-24(31)18-5-3-2-4-6-18)14-27-28-22(29)15-26-23(30)17-8-10-19(25)11-9-17/h2-14H,15H2,1H3,(H,26,30)(H,28,29)/b27-14+. The van der Waals surface area contributed by atoms with Gasteiger partial charge in [-0.15, -0.1) is 0 Å². The van der Waals surface area contributed by atoms with E-state index < -0.39 is 17.8 Å². The van der Waals surface area contributed by atoms with E-state index in [1.165, 1.54) is 13.3 Å². The molecule has 0 saturated heterocycles. The molecule has 0 aromatic heterocycles. The van der Waals surface area contributed by atoms with Gasteiger partial charge < -0.3 is 14.8 Å². The van der Waals surface area contributed by atoms with Crippen LogP contribution in [-0.2, 0) is 4.79 Å². The van der Waals surface area contributed by atoms with E-state index >= 15 is 0 Å². The van der Waals surface area contributed by atoms with E-state index in [2.05, 4.69) is 15.8 Å². The lowest BCUT2D eigenvalue weighted by molar-refractivity contribution is -0.120. The number of rotatable bonds is 8. The van der Waals surface area contributed by atoms with Crippen LogP contribution in [0.15, 0.2) is 77.9 Å². The van der Waals surface area contributed by atoms with Crippen molar-refractivity contribution in [1.82, 2.24) is 10.7 Å². The number of amides is 2. The molecule has 0 aliphatic heterocycles. The molecule has 2 N–H and O–H groups in total. The van der Waals surface area contributed by atoms with E-state index in [0.29, 0.717) is 27.5 Å². The van der Waals surface area contributed by atoms with Gasteiger partial charge in [0.05, 0.1) is 25.4 Å². The van der Waals surface area contributed by atoms with Gasteiger partial charge in [0.15, 0.2) is 11.5 Å². The molecule has 0 bridgehead atoms. The fourth-order valence-electron chi connectivity index (χ4n) is 2.66. The zero-order valence-corrected chi connectivity index (χ0v) is 18.3. The van der Waals surface area contributed by atoms with Crippen LogP contribution in [-0.4, -0.2) is 37.7 Å². The Balaban J connectivity index is 1.53. The largest absolute Gasteiger partial charge is 0.493 e. The molecular formula is C24H20ClN3O5. The second kappa shape index (κ2) is 11.4. The molecular weight excluding hydrogens is 446 g/mol. The number of ether oxygens (including phenoxy) is 2. The molecule has 3 aromatic carbocycles. The molecule has 0 saturated carbocycles. The molecule has 3 aromatic rings. The molecule has 8 nitrogen and oxygen atoms in total. The van der Waals surface area contributed by atoms with Crippen molar-refractivity contribution in [3.63, 3.8) is 0 Å². The Morgan fingerprint density at radius 1 is 0.939 bits per heavy atom. The van der Waals surface area contributed by atoms with Gasteiger partial charge in [-0.3, -0.25) is 9.59 Å². The highest BCUT2D eigenvalue weighted by atomic mass is 35.5. The summed E-state index contributed by atoms with van der Waals surface area (Å²) in [5.74, 6) is -0.851. The van der Waals surface area contributed by atoms with Crippen LogP contribution in [0.1, 0.15) is 26.3 Å². The summed E-state index contributed by atoms with van der Waals surface area (Å²) in [7, 11) is 1.45. The van der Waals surface area contributed by atoms with Gasteiger partial charge in [-0.1, -0.05) is 29.8 Å². The monoisotopic (exact) mass is 465 g/mol. The predicted molar refractivity (Wildman–Crippen MR) is 124 cm³/mol. The number of methoxy groups -OCH3 is 1. The van der Waals surface area contributed by atoms with E-state index in [4.69, 9.17) is 21.1 Å². The average molecular weight is 466 g/mol. The zero-order chi connectivity index (χ0) is 23.6. The van der Waals surface area contributed by atoms with Gasteiger partial charge in [-0.2, -0.15) is 5.10 Å². The maximum Gasteiger partial charge on any atom is 0.343 e. The Bertz CT molecular complexity index is 1160. The van der Waals surface area contributed by atoms with Crippen molar-refractivity contribution in [2.24, 2.45) is 5.10 Å². The van der Waals surface area contributed by atoms with Gasteiger partial charge >= 0.3 is 5.97 Å². The Morgan fingerprint density at radius 3 is 2.36 bits per heavy atom. The summed E-state index contributed by atoms with van der Waals surface area (Å²) in [5.41, 5.74) is 3.71. The number of hydrazone groups is 1. The second-order valence-corrected chi connectivity index (χ2v) is 7.09. The molecule has 0 unspecified atom stereocenters. The zero-order valence-electron chi connectivity index (χ0n) is 17.6. The number of hydrogen-bond acceptors (Lipinski definition) is 6. The lowest BCUT2D eigenvalue weighted by Gasteiger charge is -2.10. The first-order chi connectivity index (χ1) is 16.0. The van der Waals surface area contributed by atoms with Crippen molar-refractivity contribution < 1.29 is 23.9 Å². The van der Waals surface area contributed by atoms with Crippen molar-refractivity contribution in [2.45, 2.75) is 0 Å². The summed E-state index contributed by atoms with van der Waals surface area (Å²) in [6.07, 6.45) is 1.39. The Morgan fingerprint density at radius 2 is 1.67 bits per heavy atom. The van der Waals surface area contributed by atoms with Crippen molar-refractivity contribution in [3.8, 4) is 11.5 Å². The number of benzene rings is 3. The minimum Gasteiger partial charge on any atom is -0.493 e. The molecule has 0 atom stereocenters. The molecule has 0 radical (unpaired) electrons. The third-order valence-electron chi connectivity index (χ3n) is 4.32. The van der Waals surface area contributed by atoms with Gasteiger partial charge in [0.1, 0.15) is 0 Å². The van der Waals surface area contributed by atoms with Gasteiger partial charge in [-0.05, 0) is 60.2 Å². The number of carbonyl (C=O) groups is 3. The van der Waals surface area contributed by atoms with Crippen LogP contribution < -0.4 is 20.2 Å². The Labute approximate surface area is 195 Å². The topological polar surface area (TPSA) is 106 Å². The van der Waals surface area contributed by atoms with Crippen molar-refractivity contribution in [3.05, 3.63) is 94.5 Å². The van der Waals surface area contributed by atoms with Crippen LogP contribution in [0.3, 0.4) is 0 Å². The second-order valence-electron chi connectivity index (χ2n) is 6.65. The lowest BCUT2D eigenvalue weighted by atomic mass is 10.2. The highest BCUT2D eigenvalue weighted by Gasteiger charge is 2.12. The molecule has 0 spiro atoms. The fraction of sp³-hybridized carbons (Fsp3) is 0.0833. The van der Waals surface area contributed by atoms with Crippen LogP contribution in [0.25, 0.3) is 0 Å². The third-order valence-corrected chi connectivity index (χ3v) is 4.57. The first kappa shape index (κ1) is 23.5. The number of esters is 1. The highest BCUT2D eigenvalue weighted by molar-refractivity contribution is 6.30. The average Bonchev–Trinajstić information content (AvgIpc) is 2.84. The van der Waals surface area contributed by atoms with E-state index in [0.717, 1.165) is 0 Å². The number of halogens is 1. The van der Waals surface area contributed by atoms with Crippen LogP contribution in [0.5, 0.6) is 11.5 Å². The summed E-state index contributed by atoms with van der Waals surface area (Å²) in [6, 6.07) is 19.7. The maximum absolute atomic E-state index is 12.2. The molecule has 3 rings (SSSR count). The van der Waals surface area contributed by atoms with E-state index in [-0.39, 0.29) is 12.3 Å². The quantitative estimate of drug-likeness (QED) is 0.229. The number of nitrogens with zero attached hydrogens (tertiary/aromatic N) is 1. The SMILES string of the molecule is COc1cc(/C=N/NC(=O)CNC(=O)c2ccc(Cl)cc2)ccc1OC(=O)c1ccccc1. The summed E-state index contributed by atoms with van der Waals surface area (Å²) >= 11 is 5.79. The third kappa shape index (κ3) is 6.91. The van der Waals surface area contributed by atoms with Crippen LogP contribution in [0, 0.1) is 0 Å². The molecule has 0 heterocycles. The highest BCUT2D eigenvalue weighted by Crippen LogP contribution is 2.28. The summed E-state index contributed by atoms with van der Waals surface area (Å²) in [4.78, 5) is 36.2. The number of carbonyl (C=O) groups excluding carboxylic acids is 3. The Kier molecular flexibility index (Phi) is 8.15. The van der Waals surface area contributed by atoms with Gasteiger partial charge in [0, 0.05) is 10.6 Å². The minimum atomic E-state index is -0.511. The normalized spacial score (nSPS) is 10.5. The summed E-state index contributed by atoms with van der Waals surface area (Å²) in [5, 5.41) is 6.86. The molecule has 2 amide bonds. The van der Waals surface area contributed by atoms with Crippen LogP contribution in [0.4, 0.5) is 0 Å². The predicted octanol–water partition coefficient (Wildman–Crippen LogP) is 3.45. The van der Waals surface area contributed by atoms with Gasteiger partial charge in [-0.25, -0.2) is 10.2 Å². The molecule has 168 valence electrons. The fourth-order valence-corrected chi connectivity index (χ4v) is 2.79. The number of hydrogen-bond donors (Lipinski definition) is 2. The molecule has 0 fully saturated rings. The van der Waals surface area contributed by atoms with Crippen molar-refractivity contribution >= 4 is 35.6 Å². The summed E-state index contributed by atoms with van der Waals surface area (Å²) in [6.45, 7) is -0.253. The summed E-state index contributed by atoms with van der Waals surface area (Å²) < 4.78 is 10.7. The smallest absolute Gasteiger partial charge is 0.343 e. The van der Waals surface area contributed by atoms with E-state index in [9.17, 15) is 14.4 Å². The van der Waals surface area contributed by atoms with Gasteiger partial charge in [0.2, 0.25) is 0 Å². The molecule has 9 heteroatoms. The molecule has 0 aliphatic carbocycles. The van der Waals surface area contributed by atoms with Gasteiger partial charge in [0.25, 0.3) is 11.8 Å². The van der Waals surface area contributed by atoms with Crippen molar-refractivity contribution in [2.75, 3.05) is 13.7 Å². The minimum absolute atomic E-state index is 0.248. The maximum atomic E-state index is 12.2.